The molecule has 0 radical (unpaired) electrons. The lowest BCUT2D eigenvalue weighted by Gasteiger charge is -2.32. The van der Waals surface area contributed by atoms with Crippen molar-refractivity contribution in [3.63, 3.8) is 0 Å². The van der Waals surface area contributed by atoms with E-state index in [0.29, 0.717) is 24.0 Å². The van der Waals surface area contributed by atoms with Gasteiger partial charge in [-0.3, -0.25) is 14.3 Å². The van der Waals surface area contributed by atoms with E-state index in [1.165, 1.54) is 17.8 Å². The Morgan fingerprint density at radius 2 is 1.79 bits per heavy atom. The van der Waals surface area contributed by atoms with Gasteiger partial charge in [-0.25, -0.2) is 0 Å². The maximum atomic E-state index is 13.4. The van der Waals surface area contributed by atoms with Gasteiger partial charge in [0, 0.05) is 18.0 Å². The highest BCUT2D eigenvalue weighted by Crippen LogP contribution is 2.44. The molecule has 1 amide bonds. The lowest BCUT2D eigenvalue weighted by molar-refractivity contribution is -0.137. The van der Waals surface area contributed by atoms with Crippen molar-refractivity contribution in [2.45, 2.75) is 43.8 Å². The topological polar surface area (TPSA) is 84.2 Å². The van der Waals surface area contributed by atoms with E-state index < -0.39 is 39.9 Å². The zero-order valence-corrected chi connectivity index (χ0v) is 18.5. The van der Waals surface area contributed by atoms with Gasteiger partial charge in [-0.2, -0.15) is 18.3 Å². The van der Waals surface area contributed by atoms with Crippen molar-refractivity contribution in [2.75, 3.05) is 7.05 Å². The van der Waals surface area contributed by atoms with Gasteiger partial charge in [-0.1, -0.05) is 61.4 Å². The monoisotopic (exact) mass is 471 g/mol. The van der Waals surface area contributed by atoms with Crippen LogP contribution in [0.3, 0.4) is 0 Å². The van der Waals surface area contributed by atoms with Crippen LogP contribution in [-0.2, 0) is 18.1 Å². The molecule has 0 atom stereocenters. The van der Waals surface area contributed by atoms with E-state index in [1.807, 2.05) is 0 Å². The minimum atomic E-state index is -4.48. The molecule has 1 saturated carbocycles. The van der Waals surface area contributed by atoms with Crippen LogP contribution in [0.2, 0.25) is 0 Å². The smallest absolute Gasteiger partial charge is 0.416 e. The molecular formula is C25H24F3N3O3. The van der Waals surface area contributed by atoms with Gasteiger partial charge in [-0.05, 0) is 24.5 Å². The average molecular weight is 471 g/mol. The van der Waals surface area contributed by atoms with Gasteiger partial charge in [0.25, 0.3) is 11.3 Å². The van der Waals surface area contributed by atoms with Crippen molar-refractivity contribution in [1.29, 1.82) is 0 Å². The molecule has 2 aromatic carbocycles. The highest BCUT2D eigenvalue weighted by atomic mass is 19.4. The molecule has 3 aromatic rings. The number of alkyl halides is 3. The standard InChI is InChI=1S/C25H24F3N3O3/c1-29-23(34)19-21(32)22(33)20(16-8-3-2-4-9-16)31(30-19)15-24(12-5-6-13-24)17-10-7-11-18(14-17)25(26,27)28/h2-4,7-11,14,33H,5-6,12-13,15H2,1H3,(H,29,34). The minimum Gasteiger partial charge on any atom is -0.503 e. The lowest BCUT2D eigenvalue weighted by Crippen LogP contribution is -2.35. The van der Waals surface area contributed by atoms with Crippen LogP contribution in [-0.4, -0.2) is 27.8 Å². The fourth-order valence-corrected chi connectivity index (χ4v) is 4.72. The van der Waals surface area contributed by atoms with E-state index >= 15 is 0 Å². The molecule has 2 N–H and O–H groups in total. The van der Waals surface area contributed by atoms with Gasteiger partial charge < -0.3 is 10.4 Å². The number of halogens is 3. The van der Waals surface area contributed by atoms with Crippen LogP contribution < -0.4 is 10.7 Å². The van der Waals surface area contributed by atoms with Crippen LogP contribution in [0.4, 0.5) is 13.2 Å². The molecule has 1 aliphatic carbocycles. The van der Waals surface area contributed by atoms with Crippen molar-refractivity contribution in [3.8, 4) is 17.0 Å². The number of hydrogen-bond donors (Lipinski definition) is 2. The second-order valence-electron chi connectivity index (χ2n) is 8.54. The van der Waals surface area contributed by atoms with Gasteiger partial charge >= 0.3 is 6.18 Å². The maximum absolute atomic E-state index is 13.4. The van der Waals surface area contributed by atoms with Crippen molar-refractivity contribution in [3.05, 3.63) is 81.6 Å². The molecule has 0 spiro atoms. The van der Waals surface area contributed by atoms with Crippen LogP contribution in [0.25, 0.3) is 11.3 Å². The average Bonchev–Trinajstić information content (AvgIpc) is 3.31. The molecule has 0 aliphatic heterocycles. The zero-order chi connectivity index (χ0) is 24.5. The number of aromatic hydroxyl groups is 1. The minimum absolute atomic E-state index is 0.0936. The summed E-state index contributed by atoms with van der Waals surface area (Å²) in [4.78, 5) is 25.1. The number of nitrogens with zero attached hydrogens (tertiary/aromatic N) is 2. The number of amides is 1. The van der Waals surface area contributed by atoms with Gasteiger partial charge in [-0.15, -0.1) is 0 Å². The quantitative estimate of drug-likeness (QED) is 0.574. The van der Waals surface area contributed by atoms with E-state index in [4.69, 9.17) is 0 Å². The Hall–Kier alpha value is -3.62. The predicted octanol–water partition coefficient (Wildman–Crippen LogP) is 4.51. The molecule has 1 heterocycles. The van der Waals surface area contributed by atoms with Gasteiger partial charge in [0.05, 0.1) is 12.1 Å². The Kier molecular flexibility index (Phi) is 6.20. The summed E-state index contributed by atoms with van der Waals surface area (Å²) in [5.41, 5.74) is -1.69. The first-order valence-corrected chi connectivity index (χ1v) is 11.0. The summed E-state index contributed by atoms with van der Waals surface area (Å²) < 4.78 is 41.7. The Morgan fingerprint density at radius 1 is 1.12 bits per heavy atom. The summed E-state index contributed by atoms with van der Waals surface area (Å²) in [7, 11) is 1.34. The first-order chi connectivity index (χ1) is 16.2. The summed E-state index contributed by atoms with van der Waals surface area (Å²) in [5.74, 6) is -1.38. The summed E-state index contributed by atoms with van der Waals surface area (Å²) in [6.07, 6.45) is -1.65. The number of hydrogen-bond acceptors (Lipinski definition) is 4. The van der Waals surface area contributed by atoms with Crippen LogP contribution in [0.15, 0.2) is 59.4 Å². The molecule has 9 heteroatoms. The Balaban J connectivity index is 1.91. The first-order valence-electron chi connectivity index (χ1n) is 11.0. The molecule has 34 heavy (non-hydrogen) atoms. The van der Waals surface area contributed by atoms with E-state index in [0.717, 1.165) is 25.0 Å². The van der Waals surface area contributed by atoms with Crippen LogP contribution >= 0.6 is 0 Å². The third-order valence-electron chi connectivity index (χ3n) is 6.44. The van der Waals surface area contributed by atoms with Gasteiger partial charge in [0.2, 0.25) is 0 Å². The summed E-state index contributed by atoms with van der Waals surface area (Å²) in [6, 6.07) is 13.9. The van der Waals surface area contributed by atoms with Crippen molar-refractivity contribution in [2.24, 2.45) is 0 Å². The van der Waals surface area contributed by atoms with E-state index in [1.54, 1.807) is 36.4 Å². The van der Waals surface area contributed by atoms with Crippen molar-refractivity contribution >= 4 is 5.91 Å². The Bertz CT molecular complexity index is 1260. The molecule has 0 bridgehead atoms. The largest absolute Gasteiger partial charge is 0.503 e. The second kappa shape index (κ2) is 8.96. The Labute approximate surface area is 194 Å². The molecule has 1 fully saturated rings. The number of nitrogens with one attached hydrogen (secondary N) is 1. The first kappa shape index (κ1) is 23.5. The van der Waals surface area contributed by atoms with Crippen molar-refractivity contribution < 1.29 is 23.1 Å². The van der Waals surface area contributed by atoms with Crippen LogP contribution in [0.1, 0.15) is 47.3 Å². The van der Waals surface area contributed by atoms with E-state index in [-0.39, 0.29) is 12.2 Å². The van der Waals surface area contributed by atoms with Crippen LogP contribution in [0, 0.1) is 0 Å². The molecular weight excluding hydrogens is 447 g/mol. The van der Waals surface area contributed by atoms with Gasteiger partial charge in [0.15, 0.2) is 11.4 Å². The van der Waals surface area contributed by atoms with Crippen LogP contribution in [0.5, 0.6) is 5.75 Å². The number of carbonyl (C=O) groups excluding carboxylic acids is 1. The molecule has 0 saturated heterocycles. The molecule has 1 aliphatic rings. The summed E-state index contributed by atoms with van der Waals surface area (Å²) >= 11 is 0. The normalized spacial score (nSPS) is 15.3. The highest BCUT2D eigenvalue weighted by Gasteiger charge is 2.39. The second-order valence-corrected chi connectivity index (χ2v) is 8.54. The zero-order valence-electron chi connectivity index (χ0n) is 18.5. The molecule has 178 valence electrons. The number of benzene rings is 2. The summed E-state index contributed by atoms with van der Waals surface area (Å²) in [6.45, 7) is 0.0936. The van der Waals surface area contributed by atoms with E-state index in [9.17, 15) is 27.9 Å². The number of rotatable bonds is 5. The third-order valence-corrected chi connectivity index (χ3v) is 6.44. The molecule has 0 unspecified atom stereocenters. The molecule has 6 nitrogen and oxygen atoms in total. The fraction of sp³-hybridized carbons (Fsp3) is 0.320. The predicted molar refractivity (Wildman–Crippen MR) is 121 cm³/mol. The maximum Gasteiger partial charge on any atom is 0.416 e. The molecule has 1 aromatic heterocycles. The van der Waals surface area contributed by atoms with E-state index in [2.05, 4.69) is 10.4 Å². The van der Waals surface area contributed by atoms with Gasteiger partial charge in [0.1, 0.15) is 5.69 Å². The van der Waals surface area contributed by atoms with Crippen molar-refractivity contribution in [1.82, 2.24) is 15.1 Å². The SMILES string of the molecule is CNC(=O)c1nn(CC2(c3cccc(C(F)(F)F)c3)CCCC2)c(-c2ccccc2)c(O)c1=O. The number of aromatic nitrogens is 2. The summed E-state index contributed by atoms with van der Waals surface area (Å²) in [5, 5.41) is 17.5. The highest BCUT2D eigenvalue weighted by molar-refractivity contribution is 5.92. The fourth-order valence-electron chi connectivity index (χ4n) is 4.72. The third kappa shape index (κ3) is 4.30. The number of carbonyl (C=O) groups is 1. The molecule has 4 rings (SSSR count). The Morgan fingerprint density at radius 3 is 2.41 bits per heavy atom. The lowest BCUT2D eigenvalue weighted by atomic mass is 9.78.